The number of fused-ring (bicyclic) bond motifs is 1. The van der Waals surface area contributed by atoms with Gasteiger partial charge in [0.2, 0.25) is 5.56 Å². The molecule has 0 aliphatic carbocycles. The van der Waals surface area contributed by atoms with Crippen LogP contribution < -0.4 is 5.56 Å². The van der Waals surface area contributed by atoms with Gasteiger partial charge in [-0.05, 0) is 36.8 Å². The van der Waals surface area contributed by atoms with E-state index in [1.807, 2.05) is 6.92 Å². The monoisotopic (exact) mass is 255 g/mol. The molecule has 3 aromatic rings. The smallest absolute Gasteiger partial charge is 0.249 e. The van der Waals surface area contributed by atoms with Crippen LogP contribution in [0.5, 0.6) is 0 Å². The maximum absolute atomic E-state index is 13.1. The number of halogens is 1. The van der Waals surface area contributed by atoms with Crippen molar-refractivity contribution in [2.75, 3.05) is 0 Å². The van der Waals surface area contributed by atoms with Crippen LogP contribution in [0.4, 0.5) is 4.39 Å². The molecule has 0 amide bonds. The molecule has 2 aromatic heterocycles. The second-order valence-corrected chi connectivity index (χ2v) is 4.27. The number of benzene rings is 1. The second-order valence-electron chi connectivity index (χ2n) is 4.27. The molecule has 1 N–H and O–H groups in total. The van der Waals surface area contributed by atoms with Gasteiger partial charge in [-0.1, -0.05) is 0 Å². The van der Waals surface area contributed by atoms with E-state index in [-0.39, 0.29) is 11.4 Å². The van der Waals surface area contributed by atoms with Crippen LogP contribution in [0, 0.1) is 12.7 Å². The molecule has 0 atom stereocenters. The number of aryl methyl sites for hydroxylation is 1. The van der Waals surface area contributed by atoms with Crippen molar-refractivity contribution in [3.8, 4) is 11.3 Å². The predicted molar refractivity (Wildman–Crippen MR) is 70.3 cm³/mol. The Hall–Kier alpha value is -2.56. The lowest BCUT2D eigenvalue weighted by atomic mass is 10.0. The van der Waals surface area contributed by atoms with Gasteiger partial charge in [-0.25, -0.2) is 14.4 Å². The number of aromatic nitrogens is 3. The molecule has 0 aliphatic heterocycles. The Morgan fingerprint density at radius 1 is 1.16 bits per heavy atom. The average Bonchev–Trinajstić information content (AvgIpc) is 2.38. The van der Waals surface area contributed by atoms with Gasteiger partial charge in [0.05, 0.1) is 5.69 Å². The van der Waals surface area contributed by atoms with Gasteiger partial charge in [-0.15, -0.1) is 0 Å². The highest BCUT2D eigenvalue weighted by molar-refractivity contribution is 5.90. The summed E-state index contributed by atoms with van der Waals surface area (Å²) in [5.74, 6) is -0.284. The van der Waals surface area contributed by atoms with E-state index in [9.17, 15) is 9.18 Å². The zero-order chi connectivity index (χ0) is 13.4. The Bertz CT molecular complexity index is 826. The van der Waals surface area contributed by atoms with E-state index in [1.165, 1.54) is 24.5 Å². The first-order valence-electron chi connectivity index (χ1n) is 5.76. The predicted octanol–water partition coefficient (Wildman–Crippen LogP) is 2.43. The minimum atomic E-state index is -0.284. The molecule has 19 heavy (non-hydrogen) atoms. The zero-order valence-electron chi connectivity index (χ0n) is 10.1. The molecule has 2 heterocycles. The Morgan fingerprint density at radius 3 is 2.79 bits per heavy atom. The summed E-state index contributed by atoms with van der Waals surface area (Å²) in [5, 5.41) is 0.733. The van der Waals surface area contributed by atoms with E-state index in [0.717, 1.165) is 16.5 Å². The van der Waals surface area contributed by atoms with Crippen LogP contribution in [0.2, 0.25) is 0 Å². The van der Waals surface area contributed by atoms with E-state index in [4.69, 9.17) is 0 Å². The van der Waals surface area contributed by atoms with Crippen molar-refractivity contribution in [2.45, 2.75) is 6.92 Å². The van der Waals surface area contributed by atoms with Gasteiger partial charge in [0.15, 0.2) is 0 Å². The molecule has 5 heteroatoms. The molecule has 0 radical (unpaired) electrons. The quantitative estimate of drug-likeness (QED) is 0.726. The number of hydrogen-bond donors (Lipinski definition) is 1. The van der Waals surface area contributed by atoms with Crippen LogP contribution in [0.3, 0.4) is 0 Å². The number of nitrogens with zero attached hydrogens (tertiary/aromatic N) is 2. The van der Waals surface area contributed by atoms with Crippen molar-refractivity contribution in [1.82, 2.24) is 15.0 Å². The zero-order valence-corrected chi connectivity index (χ0v) is 10.1. The first-order valence-corrected chi connectivity index (χ1v) is 5.76. The molecule has 0 fully saturated rings. The fourth-order valence-electron chi connectivity index (χ4n) is 2.08. The Balaban J connectivity index is 2.33. The number of rotatable bonds is 1. The van der Waals surface area contributed by atoms with Gasteiger partial charge in [-0.3, -0.25) is 4.79 Å². The highest BCUT2D eigenvalue weighted by atomic mass is 19.1. The highest BCUT2D eigenvalue weighted by Gasteiger charge is 2.09. The standard InChI is InChI=1S/C14H10FN3O/c1-8-6-9(15)2-3-10(8)13-11-4-5-12(19)18-14(11)17-7-16-13/h2-7H,1H3,(H,16,17,18,19). The lowest BCUT2D eigenvalue weighted by Gasteiger charge is -2.07. The van der Waals surface area contributed by atoms with Crippen LogP contribution in [0.15, 0.2) is 41.5 Å². The fraction of sp³-hybridized carbons (Fsp3) is 0.0714. The minimum Gasteiger partial charge on any atom is -0.306 e. The van der Waals surface area contributed by atoms with E-state index in [2.05, 4.69) is 15.0 Å². The molecule has 0 bridgehead atoms. The molecule has 1 aromatic carbocycles. The summed E-state index contributed by atoms with van der Waals surface area (Å²) in [7, 11) is 0. The number of hydrogen-bond acceptors (Lipinski definition) is 3. The van der Waals surface area contributed by atoms with Gasteiger partial charge >= 0.3 is 0 Å². The Kier molecular flexibility index (Phi) is 2.59. The Labute approximate surface area is 108 Å². The third-order valence-corrected chi connectivity index (χ3v) is 2.97. The normalized spacial score (nSPS) is 10.8. The summed E-state index contributed by atoms with van der Waals surface area (Å²) < 4.78 is 13.1. The van der Waals surface area contributed by atoms with E-state index >= 15 is 0 Å². The Morgan fingerprint density at radius 2 is 2.00 bits per heavy atom. The lowest BCUT2D eigenvalue weighted by Crippen LogP contribution is -2.04. The van der Waals surface area contributed by atoms with Crippen molar-refractivity contribution >= 4 is 11.0 Å². The van der Waals surface area contributed by atoms with Crippen molar-refractivity contribution in [3.63, 3.8) is 0 Å². The number of H-pyrrole nitrogens is 1. The summed E-state index contributed by atoms with van der Waals surface area (Å²) >= 11 is 0. The van der Waals surface area contributed by atoms with Crippen LogP contribution in [0.1, 0.15) is 5.56 Å². The SMILES string of the molecule is Cc1cc(F)ccc1-c1ncnc2[nH]c(=O)ccc12. The molecule has 0 unspecified atom stereocenters. The first kappa shape index (κ1) is 11.5. The van der Waals surface area contributed by atoms with Crippen LogP contribution in [0.25, 0.3) is 22.3 Å². The number of pyridine rings is 1. The third-order valence-electron chi connectivity index (χ3n) is 2.97. The maximum atomic E-state index is 13.1. The molecule has 0 aliphatic rings. The van der Waals surface area contributed by atoms with Gasteiger partial charge in [-0.2, -0.15) is 0 Å². The number of aromatic amines is 1. The lowest BCUT2D eigenvalue weighted by molar-refractivity contribution is 0.627. The largest absolute Gasteiger partial charge is 0.306 e. The van der Waals surface area contributed by atoms with Crippen LogP contribution >= 0.6 is 0 Å². The molecular formula is C14H10FN3O. The fourth-order valence-corrected chi connectivity index (χ4v) is 2.08. The molecule has 3 rings (SSSR count). The summed E-state index contributed by atoms with van der Waals surface area (Å²) in [4.78, 5) is 22.2. The van der Waals surface area contributed by atoms with Crippen molar-refractivity contribution in [3.05, 3.63) is 58.4 Å². The molecule has 94 valence electrons. The summed E-state index contributed by atoms with van der Waals surface area (Å²) in [6.07, 6.45) is 1.39. The molecule has 0 saturated carbocycles. The maximum Gasteiger partial charge on any atom is 0.249 e. The van der Waals surface area contributed by atoms with E-state index in [1.54, 1.807) is 12.1 Å². The van der Waals surface area contributed by atoms with Gasteiger partial charge in [0, 0.05) is 17.0 Å². The van der Waals surface area contributed by atoms with Crippen LogP contribution in [-0.2, 0) is 0 Å². The summed E-state index contributed by atoms with van der Waals surface area (Å²) in [6, 6.07) is 7.62. The van der Waals surface area contributed by atoms with Crippen molar-refractivity contribution < 1.29 is 4.39 Å². The molecule has 0 saturated heterocycles. The number of nitrogens with one attached hydrogen (secondary N) is 1. The highest BCUT2D eigenvalue weighted by Crippen LogP contribution is 2.26. The van der Waals surface area contributed by atoms with Gasteiger partial charge in [0.1, 0.15) is 17.8 Å². The molecule has 0 spiro atoms. The van der Waals surface area contributed by atoms with Gasteiger partial charge < -0.3 is 4.98 Å². The van der Waals surface area contributed by atoms with Crippen LogP contribution in [-0.4, -0.2) is 15.0 Å². The third kappa shape index (κ3) is 1.99. The summed E-state index contributed by atoms with van der Waals surface area (Å²) in [6.45, 7) is 1.82. The first-order chi connectivity index (χ1) is 9.15. The van der Waals surface area contributed by atoms with E-state index < -0.39 is 0 Å². The topological polar surface area (TPSA) is 58.6 Å². The molecule has 4 nitrogen and oxygen atoms in total. The average molecular weight is 255 g/mol. The van der Waals surface area contributed by atoms with E-state index in [0.29, 0.717) is 11.3 Å². The second kappa shape index (κ2) is 4.28. The molecular weight excluding hydrogens is 245 g/mol. The minimum absolute atomic E-state index is 0.215. The van der Waals surface area contributed by atoms with Crippen molar-refractivity contribution in [1.29, 1.82) is 0 Å². The van der Waals surface area contributed by atoms with Crippen molar-refractivity contribution in [2.24, 2.45) is 0 Å². The van der Waals surface area contributed by atoms with Gasteiger partial charge in [0.25, 0.3) is 0 Å². The summed E-state index contributed by atoms with van der Waals surface area (Å²) in [5.41, 5.74) is 2.54.